The standard InChI is InChI=1S/C30H45N3O5/c1-7-29-14-15-30(38-29)22(21(29)24(35)31-18-20-12-9-8-10-13-20)26(37)33(16-11-17-34)23(30)25(36)32-28(5,6)19-27(2,3)4/h8-10,12-13,21-23,34H,7,11,14-19H2,1-6H3,(H,31,35)(H,32,36)/t21-,22+,23?,29+,30?/m1/s1. The first-order chi connectivity index (χ1) is 17.8. The van der Waals surface area contributed by atoms with Crippen LogP contribution in [0.2, 0.25) is 0 Å². The van der Waals surface area contributed by atoms with Crippen molar-refractivity contribution in [2.75, 3.05) is 13.2 Å². The lowest BCUT2D eigenvalue weighted by molar-refractivity contribution is -0.148. The van der Waals surface area contributed by atoms with Crippen molar-refractivity contribution in [2.24, 2.45) is 17.3 Å². The first-order valence-electron chi connectivity index (χ1n) is 14.0. The highest BCUT2D eigenvalue weighted by Crippen LogP contribution is 2.64. The molecule has 2 unspecified atom stereocenters. The number of hydrogen-bond acceptors (Lipinski definition) is 5. The SMILES string of the molecule is CC[C@@]12CCC3(O1)C(C(=O)NC(C)(C)CC(C)(C)C)N(CCCO)C(=O)[C@@H]3[C@@H]2C(=O)NCc1ccccc1. The molecule has 4 rings (SSSR count). The highest BCUT2D eigenvalue weighted by atomic mass is 16.5. The average molecular weight is 528 g/mol. The zero-order valence-corrected chi connectivity index (χ0v) is 23.8. The molecular weight excluding hydrogens is 482 g/mol. The molecule has 8 nitrogen and oxygen atoms in total. The summed E-state index contributed by atoms with van der Waals surface area (Å²) in [6.45, 7) is 12.9. The van der Waals surface area contributed by atoms with Crippen molar-refractivity contribution >= 4 is 17.7 Å². The minimum atomic E-state index is -1.06. The minimum absolute atomic E-state index is 0.00378. The molecular formula is C30H45N3O5. The molecule has 3 fully saturated rings. The number of rotatable bonds is 10. The molecule has 3 heterocycles. The van der Waals surface area contributed by atoms with Crippen LogP contribution >= 0.6 is 0 Å². The molecule has 5 atom stereocenters. The molecule has 0 radical (unpaired) electrons. The van der Waals surface area contributed by atoms with Crippen LogP contribution in [-0.2, 0) is 25.7 Å². The van der Waals surface area contributed by atoms with Crippen LogP contribution in [-0.4, -0.2) is 63.7 Å². The highest BCUT2D eigenvalue weighted by Gasteiger charge is 2.78. The van der Waals surface area contributed by atoms with Gasteiger partial charge in [0.1, 0.15) is 11.6 Å². The lowest BCUT2D eigenvalue weighted by Gasteiger charge is -2.38. The number of fused-ring (bicyclic) bond motifs is 1. The molecule has 1 aromatic carbocycles. The second kappa shape index (κ2) is 10.3. The zero-order chi connectivity index (χ0) is 27.9. The first kappa shape index (κ1) is 28.6. The van der Waals surface area contributed by atoms with Gasteiger partial charge in [0.15, 0.2) is 0 Å². The summed E-state index contributed by atoms with van der Waals surface area (Å²) in [6.07, 6.45) is 2.87. The van der Waals surface area contributed by atoms with Crippen LogP contribution in [0.1, 0.15) is 79.2 Å². The number of likely N-dealkylation sites (tertiary alicyclic amines) is 1. The molecule has 1 aromatic rings. The number of aliphatic hydroxyl groups is 1. The van der Waals surface area contributed by atoms with Gasteiger partial charge in [-0.3, -0.25) is 14.4 Å². The van der Waals surface area contributed by atoms with Gasteiger partial charge in [0, 0.05) is 25.2 Å². The molecule has 8 heteroatoms. The molecule has 0 aromatic heterocycles. The van der Waals surface area contributed by atoms with Crippen LogP contribution in [0.4, 0.5) is 0 Å². The van der Waals surface area contributed by atoms with E-state index in [2.05, 4.69) is 31.4 Å². The number of nitrogens with one attached hydrogen (secondary N) is 2. The molecule has 38 heavy (non-hydrogen) atoms. The van der Waals surface area contributed by atoms with Crippen LogP contribution in [0.25, 0.3) is 0 Å². The normalized spacial score (nSPS) is 30.4. The quantitative estimate of drug-likeness (QED) is 0.433. The van der Waals surface area contributed by atoms with Crippen molar-refractivity contribution in [3.63, 3.8) is 0 Å². The topological polar surface area (TPSA) is 108 Å². The highest BCUT2D eigenvalue weighted by molar-refractivity contribution is 5.99. The van der Waals surface area contributed by atoms with Crippen molar-refractivity contribution in [1.82, 2.24) is 15.5 Å². The van der Waals surface area contributed by atoms with Crippen molar-refractivity contribution < 1.29 is 24.2 Å². The molecule has 3 aliphatic heterocycles. The summed E-state index contributed by atoms with van der Waals surface area (Å²) in [7, 11) is 0. The third kappa shape index (κ3) is 5.09. The Balaban J connectivity index is 1.66. The van der Waals surface area contributed by atoms with E-state index >= 15 is 0 Å². The van der Waals surface area contributed by atoms with Gasteiger partial charge in [0.25, 0.3) is 0 Å². The molecule has 3 saturated heterocycles. The van der Waals surface area contributed by atoms with E-state index < -0.39 is 34.6 Å². The predicted molar refractivity (Wildman–Crippen MR) is 145 cm³/mol. The number of hydrogen-bond donors (Lipinski definition) is 3. The summed E-state index contributed by atoms with van der Waals surface area (Å²) in [6, 6.07) is 8.84. The maximum absolute atomic E-state index is 14.0. The molecule has 1 spiro atoms. The number of amides is 3. The van der Waals surface area contributed by atoms with Gasteiger partial charge in [-0.2, -0.15) is 0 Å². The van der Waals surface area contributed by atoms with Gasteiger partial charge in [-0.15, -0.1) is 0 Å². The van der Waals surface area contributed by atoms with Gasteiger partial charge in [-0.05, 0) is 56.9 Å². The maximum Gasteiger partial charge on any atom is 0.246 e. The number of carbonyl (C=O) groups is 3. The van der Waals surface area contributed by atoms with Crippen LogP contribution < -0.4 is 10.6 Å². The molecule has 210 valence electrons. The number of nitrogens with zero attached hydrogens (tertiary/aromatic N) is 1. The molecule has 3 aliphatic rings. The smallest absolute Gasteiger partial charge is 0.246 e. The Morgan fingerprint density at radius 3 is 2.39 bits per heavy atom. The van der Waals surface area contributed by atoms with E-state index in [4.69, 9.17) is 4.74 Å². The Kier molecular flexibility index (Phi) is 7.71. The van der Waals surface area contributed by atoms with E-state index in [1.54, 1.807) is 4.90 Å². The van der Waals surface area contributed by atoms with Gasteiger partial charge >= 0.3 is 0 Å². The fourth-order valence-electron chi connectivity index (χ4n) is 7.56. The fourth-order valence-corrected chi connectivity index (χ4v) is 7.56. The van der Waals surface area contributed by atoms with Crippen molar-refractivity contribution in [3.8, 4) is 0 Å². The fraction of sp³-hybridized carbons (Fsp3) is 0.700. The first-order valence-corrected chi connectivity index (χ1v) is 14.0. The lowest BCUT2D eigenvalue weighted by Crippen LogP contribution is -2.59. The predicted octanol–water partition coefficient (Wildman–Crippen LogP) is 3.17. The molecule has 0 aliphatic carbocycles. The van der Waals surface area contributed by atoms with Gasteiger partial charge in [0.2, 0.25) is 17.7 Å². The van der Waals surface area contributed by atoms with Gasteiger partial charge < -0.3 is 25.4 Å². The summed E-state index contributed by atoms with van der Waals surface area (Å²) in [5, 5.41) is 15.8. The second-order valence-corrected chi connectivity index (χ2v) is 13.3. The Labute approximate surface area is 226 Å². The van der Waals surface area contributed by atoms with Crippen LogP contribution in [0.3, 0.4) is 0 Å². The summed E-state index contributed by atoms with van der Waals surface area (Å²) < 4.78 is 6.79. The van der Waals surface area contributed by atoms with Crippen LogP contribution in [0.5, 0.6) is 0 Å². The maximum atomic E-state index is 14.0. The zero-order valence-electron chi connectivity index (χ0n) is 23.8. The van der Waals surface area contributed by atoms with E-state index in [9.17, 15) is 19.5 Å². The van der Waals surface area contributed by atoms with Gasteiger partial charge in [-0.25, -0.2) is 0 Å². The lowest BCUT2D eigenvalue weighted by atomic mass is 9.65. The summed E-state index contributed by atoms with van der Waals surface area (Å²) in [4.78, 5) is 43.4. The Bertz CT molecular complexity index is 1050. The monoisotopic (exact) mass is 527 g/mol. The van der Waals surface area contributed by atoms with E-state index in [0.29, 0.717) is 32.2 Å². The third-order valence-corrected chi connectivity index (χ3v) is 8.51. The van der Waals surface area contributed by atoms with Crippen molar-refractivity contribution in [2.45, 2.75) is 103 Å². The van der Waals surface area contributed by atoms with E-state index in [1.165, 1.54) is 0 Å². The molecule has 3 N–H and O–H groups in total. The van der Waals surface area contributed by atoms with Crippen LogP contribution in [0.15, 0.2) is 30.3 Å². The van der Waals surface area contributed by atoms with Crippen LogP contribution in [0, 0.1) is 17.3 Å². The summed E-state index contributed by atoms with van der Waals surface area (Å²) in [5.74, 6) is -2.07. The Hall–Kier alpha value is -2.45. The van der Waals surface area contributed by atoms with E-state index in [1.807, 2.05) is 51.1 Å². The summed E-state index contributed by atoms with van der Waals surface area (Å²) >= 11 is 0. The van der Waals surface area contributed by atoms with Gasteiger partial charge in [0.05, 0.1) is 17.4 Å². The van der Waals surface area contributed by atoms with Crippen molar-refractivity contribution in [1.29, 1.82) is 0 Å². The third-order valence-electron chi connectivity index (χ3n) is 8.51. The molecule has 0 saturated carbocycles. The van der Waals surface area contributed by atoms with E-state index in [0.717, 1.165) is 12.0 Å². The van der Waals surface area contributed by atoms with Crippen molar-refractivity contribution in [3.05, 3.63) is 35.9 Å². The average Bonchev–Trinajstić information content (AvgIpc) is 3.43. The number of benzene rings is 1. The Morgan fingerprint density at radius 2 is 1.79 bits per heavy atom. The molecule has 3 amide bonds. The largest absolute Gasteiger partial charge is 0.396 e. The molecule has 2 bridgehead atoms. The summed E-state index contributed by atoms with van der Waals surface area (Å²) in [5.41, 5.74) is -1.36. The van der Waals surface area contributed by atoms with Gasteiger partial charge in [-0.1, -0.05) is 58.0 Å². The van der Waals surface area contributed by atoms with E-state index in [-0.39, 0.29) is 36.3 Å². The minimum Gasteiger partial charge on any atom is -0.396 e. The number of ether oxygens (including phenoxy) is 1. The Morgan fingerprint density at radius 1 is 1.11 bits per heavy atom. The number of carbonyl (C=O) groups excluding carboxylic acids is 3. The number of aliphatic hydroxyl groups excluding tert-OH is 1. The second-order valence-electron chi connectivity index (χ2n) is 13.3.